The van der Waals surface area contributed by atoms with E-state index in [1.165, 1.54) is 0 Å². The van der Waals surface area contributed by atoms with Gasteiger partial charge in [-0.1, -0.05) is 0 Å². The SMILES string of the molecule is O=C1C=CC(=O)N1CCNP(=O)(Cl)NCCN1C(=O)C=CC1=O. The van der Waals surface area contributed by atoms with Gasteiger partial charge in [0.15, 0.2) is 0 Å². The highest BCUT2D eigenvalue weighted by Crippen LogP contribution is 2.41. The molecule has 0 atom stereocenters. The maximum atomic E-state index is 12.0. The molecule has 2 heterocycles. The second-order valence-electron chi connectivity index (χ2n) is 4.67. The summed E-state index contributed by atoms with van der Waals surface area (Å²) in [5.41, 5.74) is 0. The predicted octanol–water partition coefficient (Wildman–Crippen LogP) is -0.638. The summed E-state index contributed by atoms with van der Waals surface area (Å²) >= 11 is 5.78. The molecule has 0 radical (unpaired) electrons. The Kier molecular flexibility index (Phi) is 5.48. The molecule has 0 aromatic carbocycles. The van der Waals surface area contributed by atoms with E-state index >= 15 is 0 Å². The smallest absolute Gasteiger partial charge is 0.274 e. The molecule has 2 aliphatic heterocycles. The van der Waals surface area contributed by atoms with Gasteiger partial charge >= 0.3 is 0 Å². The number of nitrogens with zero attached hydrogens (tertiary/aromatic N) is 2. The van der Waals surface area contributed by atoms with Crippen molar-refractivity contribution in [3.05, 3.63) is 24.3 Å². The van der Waals surface area contributed by atoms with Crippen molar-refractivity contribution in [3.8, 4) is 0 Å². The first-order chi connectivity index (χ1) is 10.8. The summed E-state index contributed by atoms with van der Waals surface area (Å²) in [7, 11) is 0. The molecule has 0 saturated heterocycles. The van der Waals surface area contributed by atoms with Crippen LogP contribution in [-0.4, -0.2) is 59.6 Å². The molecule has 0 saturated carbocycles. The molecule has 11 heteroatoms. The Morgan fingerprint density at radius 1 is 0.783 bits per heavy atom. The standard InChI is InChI=1S/C12H14ClN4O5P/c13-23(22,14-5-7-16-9(18)1-2-10(16)19)15-6-8-17-11(20)3-4-12(17)21/h1-4H,5-8H2,(H2,14,15,22). The number of nitrogens with one attached hydrogen (secondary N) is 2. The maximum absolute atomic E-state index is 12.0. The van der Waals surface area contributed by atoms with E-state index in [-0.39, 0.29) is 26.2 Å². The topological polar surface area (TPSA) is 116 Å². The van der Waals surface area contributed by atoms with Crippen molar-refractivity contribution < 1.29 is 23.7 Å². The molecule has 124 valence electrons. The van der Waals surface area contributed by atoms with Crippen LogP contribution in [0.3, 0.4) is 0 Å². The van der Waals surface area contributed by atoms with Crippen LogP contribution in [0.4, 0.5) is 0 Å². The number of imide groups is 2. The molecule has 0 bridgehead atoms. The van der Waals surface area contributed by atoms with Crippen LogP contribution in [0.1, 0.15) is 0 Å². The molecular weight excluding hydrogens is 347 g/mol. The van der Waals surface area contributed by atoms with Crippen LogP contribution in [0.5, 0.6) is 0 Å². The number of carbonyl (C=O) groups is 4. The van der Waals surface area contributed by atoms with Crippen LogP contribution < -0.4 is 10.2 Å². The average Bonchev–Trinajstić information content (AvgIpc) is 2.96. The van der Waals surface area contributed by atoms with Crippen molar-refractivity contribution in [2.45, 2.75) is 0 Å². The van der Waals surface area contributed by atoms with E-state index in [0.717, 1.165) is 34.1 Å². The van der Waals surface area contributed by atoms with Gasteiger partial charge in [0, 0.05) is 50.5 Å². The third-order valence-electron chi connectivity index (χ3n) is 3.10. The molecule has 4 amide bonds. The van der Waals surface area contributed by atoms with E-state index in [0.29, 0.717) is 0 Å². The molecule has 9 nitrogen and oxygen atoms in total. The van der Waals surface area contributed by atoms with Gasteiger partial charge in [0.1, 0.15) is 0 Å². The molecule has 2 N–H and O–H groups in total. The minimum absolute atomic E-state index is 0.0239. The summed E-state index contributed by atoms with van der Waals surface area (Å²) in [6.07, 6.45) is 4.61. The lowest BCUT2D eigenvalue weighted by Crippen LogP contribution is -2.38. The van der Waals surface area contributed by atoms with E-state index in [1.807, 2.05) is 0 Å². The quantitative estimate of drug-likeness (QED) is 0.437. The van der Waals surface area contributed by atoms with Gasteiger partial charge < -0.3 is 0 Å². The Bertz CT molecular complexity index is 574. The molecule has 0 aromatic rings. The van der Waals surface area contributed by atoms with Crippen LogP contribution in [0.15, 0.2) is 24.3 Å². The van der Waals surface area contributed by atoms with Gasteiger partial charge in [-0.3, -0.25) is 33.5 Å². The van der Waals surface area contributed by atoms with Gasteiger partial charge in [-0.05, 0) is 11.2 Å². The highest BCUT2D eigenvalue weighted by molar-refractivity contribution is 7.86. The normalized spacial score (nSPS) is 18.0. The van der Waals surface area contributed by atoms with Gasteiger partial charge in [0.05, 0.1) is 0 Å². The molecular formula is C12H14ClN4O5P. The van der Waals surface area contributed by atoms with Gasteiger partial charge in [-0.15, -0.1) is 0 Å². The van der Waals surface area contributed by atoms with Crippen molar-refractivity contribution >= 4 is 41.7 Å². The summed E-state index contributed by atoms with van der Waals surface area (Å²) in [4.78, 5) is 47.2. The van der Waals surface area contributed by atoms with Crippen LogP contribution in [0.25, 0.3) is 0 Å². The second kappa shape index (κ2) is 7.18. The Labute approximate surface area is 136 Å². The summed E-state index contributed by atoms with van der Waals surface area (Å²) < 4.78 is 12.0. The number of amides is 4. The zero-order valence-electron chi connectivity index (χ0n) is 11.9. The average molecular weight is 361 g/mol. The van der Waals surface area contributed by atoms with Gasteiger partial charge in [-0.25, -0.2) is 10.2 Å². The van der Waals surface area contributed by atoms with Crippen molar-refractivity contribution in [1.82, 2.24) is 20.0 Å². The Balaban J connectivity index is 1.69. The third-order valence-corrected chi connectivity index (χ3v) is 5.08. The number of carbonyl (C=O) groups excluding carboxylic acids is 4. The third kappa shape index (κ3) is 4.59. The van der Waals surface area contributed by atoms with Crippen molar-refractivity contribution in [3.63, 3.8) is 0 Å². The summed E-state index contributed by atoms with van der Waals surface area (Å²) in [6, 6.07) is 0. The second-order valence-corrected chi connectivity index (χ2v) is 7.80. The van der Waals surface area contributed by atoms with Crippen molar-refractivity contribution in [1.29, 1.82) is 0 Å². The lowest BCUT2D eigenvalue weighted by molar-refractivity contribution is -0.138. The first kappa shape index (κ1) is 17.6. The monoisotopic (exact) mass is 360 g/mol. The van der Waals surface area contributed by atoms with E-state index in [2.05, 4.69) is 10.2 Å². The highest BCUT2D eigenvalue weighted by atomic mass is 35.7. The molecule has 0 spiro atoms. The molecule has 2 rings (SSSR count). The minimum Gasteiger partial charge on any atom is -0.274 e. The maximum Gasteiger partial charge on any atom is 0.299 e. The predicted molar refractivity (Wildman–Crippen MR) is 81.2 cm³/mol. The minimum atomic E-state index is -3.45. The van der Waals surface area contributed by atoms with E-state index < -0.39 is 30.4 Å². The van der Waals surface area contributed by atoms with Crippen molar-refractivity contribution in [2.75, 3.05) is 26.2 Å². The summed E-state index contributed by atoms with van der Waals surface area (Å²) in [5.74, 6) is -1.75. The number of halogens is 1. The first-order valence-electron chi connectivity index (χ1n) is 6.67. The van der Waals surface area contributed by atoms with E-state index in [4.69, 9.17) is 11.2 Å². The lowest BCUT2D eigenvalue weighted by Gasteiger charge is -2.19. The van der Waals surface area contributed by atoms with E-state index in [1.54, 1.807) is 0 Å². The zero-order chi connectivity index (χ0) is 17.0. The number of rotatable bonds is 8. The van der Waals surface area contributed by atoms with E-state index in [9.17, 15) is 23.7 Å². The lowest BCUT2D eigenvalue weighted by atomic mass is 10.5. The number of hydrogen-bond donors (Lipinski definition) is 2. The molecule has 0 aliphatic carbocycles. The molecule has 2 aliphatic rings. The van der Waals surface area contributed by atoms with Crippen LogP contribution in [0.2, 0.25) is 0 Å². The summed E-state index contributed by atoms with van der Waals surface area (Å²) in [6.45, 7) is -3.33. The molecule has 23 heavy (non-hydrogen) atoms. The highest BCUT2D eigenvalue weighted by Gasteiger charge is 2.26. The van der Waals surface area contributed by atoms with Crippen LogP contribution in [-0.2, 0) is 23.7 Å². The fraction of sp³-hybridized carbons (Fsp3) is 0.333. The Hall–Kier alpha value is -1.80. The fourth-order valence-corrected chi connectivity index (χ4v) is 3.36. The van der Waals surface area contributed by atoms with Crippen LogP contribution in [0, 0.1) is 0 Å². The first-order valence-corrected chi connectivity index (χ1v) is 9.28. The number of hydrogen-bond acceptors (Lipinski definition) is 5. The largest absolute Gasteiger partial charge is 0.299 e. The van der Waals surface area contributed by atoms with Crippen LogP contribution >= 0.6 is 18.0 Å². The Morgan fingerprint density at radius 3 is 1.39 bits per heavy atom. The van der Waals surface area contributed by atoms with Gasteiger partial charge in [0.25, 0.3) is 30.4 Å². The Morgan fingerprint density at radius 2 is 1.09 bits per heavy atom. The molecule has 0 unspecified atom stereocenters. The molecule has 0 fully saturated rings. The summed E-state index contributed by atoms with van der Waals surface area (Å²) in [5, 5.41) is 5.01. The zero-order valence-corrected chi connectivity index (χ0v) is 13.5. The molecule has 0 aromatic heterocycles. The van der Waals surface area contributed by atoms with Crippen molar-refractivity contribution in [2.24, 2.45) is 0 Å². The van der Waals surface area contributed by atoms with Gasteiger partial charge in [-0.2, -0.15) is 0 Å². The fourth-order valence-electron chi connectivity index (χ4n) is 1.97. The van der Waals surface area contributed by atoms with Gasteiger partial charge in [0.2, 0.25) is 0 Å².